The molecule has 1 aromatic carbocycles. The van der Waals surface area contributed by atoms with Gasteiger partial charge in [-0.3, -0.25) is 4.68 Å². The van der Waals surface area contributed by atoms with Gasteiger partial charge in [0.25, 0.3) is 0 Å². The van der Waals surface area contributed by atoms with E-state index in [4.69, 9.17) is 0 Å². The third kappa shape index (κ3) is 1.66. The molecule has 0 saturated carbocycles. The quantitative estimate of drug-likeness (QED) is 0.831. The van der Waals surface area contributed by atoms with Crippen molar-refractivity contribution in [3.05, 3.63) is 52.8 Å². The second-order valence-electron chi connectivity index (χ2n) is 5.28. The predicted octanol–water partition coefficient (Wildman–Crippen LogP) is 2.11. The number of aliphatic hydroxyl groups is 1. The van der Waals surface area contributed by atoms with Gasteiger partial charge in [0.1, 0.15) is 5.60 Å². The highest BCUT2D eigenvalue weighted by Gasteiger charge is 2.37. The molecule has 1 N–H and O–H groups in total. The number of rotatable bonds is 1. The number of aryl methyl sites for hydroxylation is 3. The van der Waals surface area contributed by atoms with Crippen molar-refractivity contribution in [2.24, 2.45) is 7.05 Å². The van der Waals surface area contributed by atoms with Gasteiger partial charge in [0.15, 0.2) is 0 Å². The molecular formula is C15H18N2O. The van der Waals surface area contributed by atoms with Crippen LogP contribution in [-0.4, -0.2) is 14.9 Å². The maximum atomic E-state index is 11.0. The van der Waals surface area contributed by atoms with Crippen LogP contribution in [0.25, 0.3) is 0 Å². The minimum Gasteiger partial charge on any atom is -0.383 e. The van der Waals surface area contributed by atoms with Gasteiger partial charge in [0.2, 0.25) is 0 Å². The molecule has 3 rings (SSSR count). The minimum absolute atomic E-state index is 0.684. The molecule has 18 heavy (non-hydrogen) atoms. The highest BCUT2D eigenvalue weighted by molar-refractivity contribution is 5.35. The van der Waals surface area contributed by atoms with Crippen molar-refractivity contribution in [1.82, 2.24) is 9.78 Å². The van der Waals surface area contributed by atoms with E-state index >= 15 is 0 Å². The predicted molar refractivity (Wildman–Crippen MR) is 70.3 cm³/mol. The first-order valence-corrected chi connectivity index (χ1v) is 6.38. The van der Waals surface area contributed by atoms with Crippen LogP contribution in [0.2, 0.25) is 0 Å². The topological polar surface area (TPSA) is 38.0 Å². The molecule has 1 heterocycles. The van der Waals surface area contributed by atoms with E-state index in [0.29, 0.717) is 6.42 Å². The summed E-state index contributed by atoms with van der Waals surface area (Å²) < 4.78 is 1.81. The highest BCUT2D eigenvalue weighted by Crippen LogP contribution is 2.37. The molecule has 1 unspecified atom stereocenters. The van der Waals surface area contributed by atoms with Crippen LogP contribution < -0.4 is 0 Å². The number of benzene rings is 1. The fourth-order valence-corrected chi connectivity index (χ4v) is 3.14. The fraction of sp³-hybridized carbons (Fsp3) is 0.400. The van der Waals surface area contributed by atoms with Crippen LogP contribution >= 0.6 is 0 Å². The molecule has 3 nitrogen and oxygen atoms in total. The van der Waals surface area contributed by atoms with Gasteiger partial charge >= 0.3 is 0 Å². The number of nitrogens with zero attached hydrogens (tertiary/aromatic N) is 2. The summed E-state index contributed by atoms with van der Waals surface area (Å²) >= 11 is 0. The zero-order chi connectivity index (χ0) is 12.8. The zero-order valence-electron chi connectivity index (χ0n) is 10.8. The number of fused-ring (bicyclic) bond motifs is 1. The van der Waals surface area contributed by atoms with Gasteiger partial charge in [0, 0.05) is 13.5 Å². The maximum Gasteiger partial charge on any atom is 0.111 e. The van der Waals surface area contributed by atoms with Crippen LogP contribution in [0.4, 0.5) is 0 Å². The lowest BCUT2D eigenvalue weighted by molar-refractivity contribution is 0.0137. The van der Waals surface area contributed by atoms with Gasteiger partial charge in [-0.2, -0.15) is 5.10 Å². The van der Waals surface area contributed by atoms with Crippen molar-refractivity contribution in [3.63, 3.8) is 0 Å². The first-order valence-electron chi connectivity index (χ1n) is 6.38. The molecule has 3 heteroatoms. The molecule has 94 valence electrons. The van der Waals surface area contributed by atoms with E-state index in [1.165, 1.54) is 11.1 Å². The van der Waals surface area contributed by atoms with Gasteiger partial charge in [-0.05, 0) is 36.5 Å². The summed E-state index contributed by atoms with van der Waals surface area (Å²) in [5.41, 5.74) is 3.87. The van der Waals surface area contributed by atoms with E-state index in [9.17, 15) is 5.11 Å². The summed E-state index contributed by atoms with van der Waals surface area (Å²) in [6.45, 7) is 2.01. The summed E-state index contributed by atoms with van der Waals surface area (Å²) in [6, 6.07) is 8.38. The number of hydrogen-bond acceptors (Lipinski definition) is 2. The van der Waals surface area contributed by atoms with E-state index in [-0.39, 0.29) is 0 Å². The lowest BCUT2D eigenvalue weighted by Gasteiger charge is -2.34. The van der Waals surface area contributed by atoms with Gasteiger partial charge in [0.05, 0.1) is 11.9 Å². The fourth-order valence-electron chi connectivity index (χ4n) is 3.14. The summed E-state index contributed by atoms with van der Waals surface area (Å²) in [5, 5.41) is 15.2. The first kappa shape index (κ1) is 11.5. The highest BCUT2D eigenvalue weighted by atomic mass is 16.3. The van der Waals surface area contributed by atoms with Gasteiger partial charge in [-0.1, -0.05) is 24.3 Å². The molecular weight excluding hydrogens is 224 g/mol. The number of hydrogen-bond donors (Lipinski definition) is 1. The van der Waals surface area contributed by atoms with Gasteiger partial charge < -0.3 is 5.11 Å². The molecule has 0 amide bonds. The maximum absolute atomic E-state index is 11.0. The smallest absolute Gasteiger partial charge is 0.111 e. The molecule has 0 bridgehead atoms. The monoisotopic (exact) mass is 242 g/mol. The van der Waals surface area contributed by atoms with Crippen LogP contribution in [0.1, 0.15) is 28.8 Å². The van der Waals surface area contributed by atoms with E-state index < -0.39 is 5.60 Å². The molecule has 1 aliphatic carbocycles. The Hall–Kier alpha value is -1.61. The summed E-state index contributed by atoms with van der Waals surface area (Å²) in [4.78, 5) is 0. The van der Waals surface area contributed by atoms with Crippen LogP contribution in [0.15, 0.2) is 30.5 Å². The van der Waals surface area contributed by atoms with Gasteiger partial charge in [-0.25, -0.2) is 0 Å². The van der Waals surface area contributed by atoms with Crippen molar-refractivity contribution in [2.75, 3.05) is 0 Å². The third-order valence-corrected chi connectivity index (χ3v) is 3.97. The second-order valence-corrected chi connectivity index (χ2v) is 5.28. The Morgan fingerprint density at radius 2 is 2.00 bits per heavy atom. The normalized spacial score (nSPS) is 22.8. The molecule has 2 aromatic rings. The zero-order valence-corrected chi connectivity index (χ0v) is 10.8. The standard InChI is InChI=1S/C15H18N2O/c1-11-10-16-17(2)14(11)15(18)8-7-12-5-3-4-6-13(12)9-15/h3-6,10,18H,7-9H2,1-2H3. The molecule has 0 fully saturated rings. The molecule has 1 atom stereocenters. The SMILES string of the molecule is Cc1cnn(C)c1C1(O)CCc2ccccc2C1. The minimum atomic E-state index is -0.774. The van der Waals surface area contributed by atoms with Crippen LogP contribution in [0.5, 0.6) is 0 Å². The lowest BCUT2D eigenvalue weighted by atomic mass is 9.78. The molecule has 0 saturated heterocycles. The molecule has 1 aliphatic rings. The molecule has 0 radical (unpaired) electrons. The van der Waals surface area contributed by atoms with E-state index in [0.717, 1.165) is 24.1 Å². The second kappa shape index (κ2) is 3.95. The largest absolute Gasteiger partial charge is 0.383 e. The molecule has 0 aliphatic heterocycles. The Balaban J connectivity index is 2.04. The Morgan fingerprint density at radius 1 is 1.28 bits per heavy atom. The van der Waals surface area contributed by atoms with Crippen molar-refractivity contribution in [3.8, 4) is 0 Å². The Morgan fingerprint density at radius 3 is 2.67 bits per heavy atom. The third-order valence-electron chi connectivity index (χ3n) is 3.97. The van der Waals surface area contributed by atoms with Crippen molar-refractivity contribution < 1.29 is 5.11 Å². The average Bonchev–Trinajstić information content (AvgIpc) is 2.69. The summed E-state index contributed by atoms with van der Waals surface area (Å²) in [5.74, 6) is 0. The average molecular weight is 242 g/mol. The van der Waals surface area contributed by atoms with Crippen molar-refractivity contribution in [1.29, 1.82) is 0 Å². The van der Waals surface area contributed by atoms with Crippen molar-refractivity contribution in [2.45, 2.75) is 31.8 Å². The first-order chi connectivity index (χ1) is 8.60. The lowest BCUT2D eigenvalue weighted by Crippen LogP contribution is -2.35. The van der Waals surface area contributed by atoms with Gasteiger partial charge in [-0.15, -0.1) is 0 Å². The molecule has 1 aromatic heterocycles. The van der Waals surface area contributed by atoms with Crippen LogP contribution in [0.3, 0.4) is 0 Å². The number of aromatic nitrogens is 2. The Labute approximate surface area is 107 Å². The van der Waals surface area contributed by atoms with E-state index in [2.05, 4.69) is 23.3 Å². The molecule has 0 spiro atoms. The Kier molecular flexibility index (Phi) is 2.52. The Bertz CT molecular complexity index is 568. The summed E-state index contributed by atoms with van der Waals surface area (Å²) in [6.07, 6.45) is 4.21. The van der Waals surface area contributed by atoms with Crippen LogP contribution in [0, 0.1) is 6.92 Å². The van der Waals surface area contributed by atoms with E-state index in [1.54, 1.807) is 0 Å². The summed E-state index contributed by atoms with van der Waals surface area (Å²) in [7, 11) is 1.90. The van der Waals surface area contributed by atoms with Crippen LogP contribution in [-0.2, 0) is 25.5 Å². The van der Waals surface area contributed by atoms with Crippen molar-refractivity contribution >= 4 is 0 Å². The van der Waals surface area contributed by atoms with E-state index in [1.807, 2.05) is 30.9 Å².